The van der Waals surface area contributed by atoms with Crippen LogP contribution in [0.25, 0.3) is 10.1 Å². The summed E-state index contributed by atoms with van der Waals surface area (Å²) in [5.41, 5.74) is -1.23. The highest BCUT2D eigenvalue weighted by molar-refractivity contribution is 7.89. The Hall–Kier alpha value is -3.87. The van der Waals surface area contributed by atoms with Gasteiger partial charge in [-0.15, -0.1) is 11.3 Å². The van der Waals surface area contributed by atoms with Crippen molar-refractivity contribution in [3.63, 3.8) is 0 Å². The maximum Gasteiger partial charge on any atom is 0.416 e. The van der Waals surface area contributed by atoms with Gasteiger partial charge in [-0.3, -0.25) is 14.7 Å². The third-order valence-electron chi connectivity index (χ3n) is 5.81. The number of esters is 1. The molecule has 0 bridgehead atoms. The molecule has 3 heterocycles. The number of hydrogen-bond donors (Lipinski definition) is 0. The van der Waals surface area contributed by atoms with Gasteiger partial charge < -0.3 is 9.47 Å². The summed E-state index contributed by atoms with van der Waals surface area (Å²) in [6.45, 7) is 9.90. The number of amides is 1. The summed E-state index contributed by atoms with van der Waals surface area (Å²) >= 11 is 1.51. The van der Waals surface area contributed by atoms with E-state index in [0.717, 1.165) is 19.9 Å². The lowest BCUT2D eigenvalue weighted by atomic mass is 10.2. The van der Waals surface area contributed by atoms with Gasteiger partial charge in [0.15, 0.2) is 0 Å². The van der Waals surface area contributed by atoms with Crippen molar-refractivity contribution < 1.29 is 27.5 Å². The molecule has 0 radical (unpaired) electrons. The molecule has 0 saturated carbocycles. The Balaban J connectivity index is 1.69. The molecule has 0 aliphatic heterocycles. The topological polar surface area (TPSA) is 119 Å². The third-order valence-corrected chi connectivity index (χ3v) is 8.69. The number of rotatable bonds is 9. The van der Waals surface area contributed by atoms with Crippen LogP contribution in [0, 0.1) is 0 Å². The van der Waals surface area contributed by atoms with Gasteiger partial charge in [0.1, 0.15) is 28.5 Å². The lowest BCUT2D eigenvalue weighted by Crippen LogP contribution is -2.42. The van der Waals surface area contributed by atoms with Crippen LogP contribution in [0.5, 0.6) is 0 Å². The normalized spacial score (nSPS) is 12.3. The Bertz CT molecular complexity index is 1660. The van der Waals surface area contributed by atoms with Gasteiger partial charge in [-0.25, -0.2) is 18.2 Å². The van der Waals surface area contributed by atoms with Crippen molar-refractivity contribution in [2.24, 2.45) is 0 Å². The highest BCUT2D eigenvalue weighted by Crippen LogP contribution is 2.29. The zero-order valence-electron chi connectivity index (χ0n) is 25.1. The van der Waals surface area contributed by atoms with Crippen LogP contribution in [0.15, 0.2) is 78.0 Å². The van der Waals surface area contributed by atoms with E-state index in [1.807, 2.05) is 30.3 Å². The van der Waals surface area contributed by atoms with E-state index in [9.17, 15) is 18.0 Å². The molecule has 4 aromatic rings. The van der Waals surface area contributed by atoms with Crippen LogP contribution in [-0.2, 0) is 37.4 Å². The van der Waals surface area contributed by atoms with Gasteiger partial charge in [-0.05, 0) is 83.3 Å². The highest BCUT2D eigenvalue weighted by atomic mass is 32.2. The number of carbonyl (C=O) groups is 2. The number of sulfonamides is 1. The Kier molecular flexibility index (Phi) is 9.53. The molecule has 0 spiro atoms. The molecule has 10 nitrogen and oxygen atoms in total. The monoisotopic (exact) mass is 624 g/mol. The van der Waals surface area contributed by atoms with Crippen molar-refractivity contribution in [1.29, 1.82) is 0 Å². The Morgan fingerprint density at radius 1 is 0.884 bits per heavy atom. The molecule has 1 amide bonds. The van der Waals surface area contributed by atoms with Crippen molar-refractivity contribution >= 4 is 49.3 Å². The molecule has 12 heteroatoms. The summed E-state index contributed by atoms with van der Waals surface area (Å²) in [6, 6.07) is 17.8. The molecule has 0 unspecified atom stereocenters. The number of ether oxygens (including phenoxy) is 2. The smallest absolute Gasteiger partial charge is 0.416 e. The number of aromatic nitrogens is 2. The van der Waals surface area contributed by atoms with E-state index < -0.39 is 39.8 Å². The molecule has 0 fully saturated rings. The molecule has 3 aromatic heterocycles. The second-order valence-electron chi connectivity index (χ2n) is 11.9. The average molecular weight is 625 g/mol. The maximum absolute atomic E-state index is 13.8. The second kappa shape index (κ2) is 12.8. The van der Waals surface area contributed by atoms with E-state index in [1.54, 1.807) is 65.8 Å². The lowest BCUT2D eigenvalue weighted by Gasteiger charge is -2.28. The van der Waals surface area contributed by atoms with Gasteiger partial charge >= 0.3 is 12.1 Å². The lowest BCUT2D eigenvalue weighted by molar-refractivity contribution is -0.153. The quantitative estimate of drug-likeness (QED) is 0.203. The predicted octanol–water partition coefficient (Wildman–Crippen LogP) is 6.17. The van der Waals surface area contributed by atoms with Crippen LogP contribution in [-0.4, -0.2) is 52.5 Å². The van der Waals surface area contributed by atoms with E-state index in [-0.39, 0.29) is 23.8 Å². The Labute approximate surface area is 256 Å². The molecule has 1 aromatic carbocycles. The van der Waals surface area contributed by atoms with Crippen molar-refractivity contribution in [2.45, 2.75) is 70.7 Å². The largest absolute Gasteiger partial charge is 0.459 e. The molecule has 0 aliphatic carbocycles. The zero-order valence-corrected chi connectivity index (χ0v) is 26.7. The summed E-state index contributed by atoms with van der Waals surface area (Å²) in [5, 5.41) is 1.02. The fourth-order valence-electron chi connectivity index (χ4n) is 4.11. The molecule has 43 heavy (non-hydrogen) atoms. The molecule has 0 N–H and O–H groups in total. The minimum Gasteiger partial charge on any atom is -0.459 e. The second-order valence-corrected chi connectivity index (χ2v) is 15.0. The van der Waals surface area contributed by atoms with Crippen molar-refractivity contribution in [3.8, 4) is 0 Å². The number of benzene rings is 1. The first-order valence-corrected chi connectivity index (χ1v) is 15.9. The van der Waals surface area contributed by atoms with E-state index in [4.69, 9.17) is 9.47 Å². The summed E-state index contributed by atoms with van der Waals surface area (Å²) in [6.07, 6.45) is 2.03. The number of hydrogen-bond acceptors (Lipinski definition) is 9. The van der Waals surface area contributed by atoms with Crippen LogP contribution >= 0.6 is 11.3 Å². The number of pyridine rings is 2. The van der Waals surface area contributed by atoms with Gasteiger partial charge in [-0.1, -0.05) is 24.3 Å². The molecule has 0 saturated heterocycles. The minimum absolute atomic E-state index is 0.0487. The molecular weight excluding hydrogens is 588 g/mol. The van der Waals surface area contributed by atoms with Gasteiger partial charge in [0.2, 0.25) is 10.0 Å². The van der Waals surface area contributed by atoms with Crippen molar-refractivity contribution in [2.75, 3.05) is 11.4 Å². The van der Waals surface area contributed by atoms with E-state index in [1.165, 1.54) is 34.1 Å². The summed E-state index contributed by atoms with van der Waals surface area (Å²) in [5.74, 6) is -0.519. The first kappa shape index (κ1) is 32.1. The summed E-state index contributed by atoms with van der Waals surface area (Å²) < 4.78 is 41.0. The van der Waals surface area contributed by atoms with Crippen molar-refractivity contribution in [3.05, 3.63) is 83.6 Å². The number of thiophene rings is 1. The van der Waals surface area contributed by atoms with Crippen LogP contribution in [0.2, 0.25) is 0 Å². The summed E-state index contributed by atoms with van der Waals surface area (Å²) in [4.78, 5) is 36.6. The SMILES string of the molecule is CC(C)(C)OC(=O)CN(C(=O)OC(C)(C)C)c1cccc(CN(Cc2cc3ccccc3s2)S(=O)(=O)c2cccnc2)n1. The standard InChI is InChI=1S/C31H36N4O6S2/c1-30(2,3)40-28(36)21-35(29(37)41-31(4,5)6)27-15-9-12-23(33-27)19-34(43(38,39)25-13-10-16-32-18-25)20-24-17-22-11-7-8-14-26(22)42-24/h7-18H,19-21H2,1-6H3. The van der Waals surface area contributed by atoms with E-state index in [0.29, 0.717) is 5.69 Å². The van der Waals surface area contributed by atoms with Crippen LogP contribution in [0.4, 0.5) is 10.6 Å². The number of anilines is 1. The van der Waals surface area contributed by atoms with Crippen LogP contribution in [0.3, 0.4) is 0 Å². The number of nitrogens with zero attached hydrogens (tertiary/aromatic N) is 4. The summed E-state index contributed by atoms with van der Waals surface area (Å²) in [7, 11) is -3.99. The van der Waals surface area contributed by atoms with Gasteiger partial charge in [-0.2, -0.15) is 4.31 Å². The fraction of sp³-hybridized carbons (Fsp3) is 0.355. The fourth-order valence-corrected chi connectivity index (χ4v) is 6.62. The zero-order chi connectivity index (χ0) is 31.4. The van der Waals surface area contributed by atoms with Crippen molar-refractivity contribution in [1.82, 2.24) is 14.3 Å². The van der Waals surface area contributed by atoms with Crippen LogP contribution < -0.4 is 4.90 Å². The molecule has 0 atom stereocenters. The molecular formula is C31H36N4O6S2. The Morgan fingerprint density at radius 2 is 1.60 bits per heavy atom. The van der Waals surface area contributed by atoms with Gasteiger partial charge in [0, 0.05) is 28.5 Å². The molecule has 0 aliphatic rings. The first-order chi connectivity index (χ1) is 20.1. The van der Waals surface area contributed by atoms with Gasteiger partial charge in [0.05, 0.1) is 12.2 Å². The molecule has 4 rings (SSSR count). The van der Waals surface area contributed by atoms with Gasteiger partial charge in [0.25, 0.3) is 0 Å². The maximum atomic E-state index is 13.8. The van der Waals surface area contributed by atoms with E-state index in [2.05, 4.69) is 9.97 Å². The Morgan fingerprint density at radius 3 is 2.26 bits per heavy atom. The predicted molar refractivity (Wildman–Crippen MR) is 166 cm³/mol. The average Bonchev–Trinajstić information content (AvgIpc) is 3.32. The first-order valence-electron chi connectivity index (χ1n) is 13.7. The highest BCUT2D eigenvalue weighted by Gasteiger charge is 2.30. The van der Waals surface area contributed by atoms with Crippen LogP contribution in [0.1, 0.15) is 52.1 Å². The van der Waals surface area contributed by atoms with E-state index >= 15 is 0 Å². The number of carbonyl (C=O) groups excluding carboxylic acids is 2. The third kappa shape index (κ3) is 8.82. The minimum atomic E-state index is -3.99. The number of fused-ring (bicyclic) bond motifs is 1. The molecule has 228 valence electrons.